The van der Waals surface area contributed by atoms with Gasteiger partial charge in [-0.25, -0.2) is 4.79 Å². The molecular formula is C22H26N2O5. The van der Waals surface area contributed by atoms with Crippen molar-refractivity contribution < 1.29 is 23.9 Å². The summed E-state index contributed by atoms with van der Waals surface area (Å²) in [4.78, 5) is 43.1. The van der Waals surface area contributed by atoms with Gasteiger partial charge in [0.15, 0.2) is 5.78 Å². The SMILES string of the molecule is COC(=O)c1[nH]c(C)c(C(=O)[C@@H](C)N(C(=O)c2ccc(OC)cc2)C2CC2)c1C. The number of nitrogens with one attached hydrogen (secondary N) is 1. The Morgan fingerprint density at radius 2 is 1.72 bits per heavy atom. The van der Waals surface area contributed by atoms with Crippen LogP contribution < -0.4 is 4.74 Å². The predicted molar refractivity (Wildman–Crippen MR) is 108 cm³/mol. The summed E-state index contributed by atoms with van der Waals surface area (Å²) >= 11 is 0. The molecule has 0 radical (unpaired) electrons. The molecular weight excluding hydrogens is 372 g/mol. The lowest BCUT2D eigenvalue weighted by Gasteiger charge is -2.29. The quantitative estimate of drug-likeness (QED) is 0.571. The Kier molecular flexibility index (Phi) is 5.77. The molecule has 1 aliphatic rings. The summed E-state index contributed by atoms with van der Waals surface area (Å²) in [5, 5.41) is 0. The molecule has 154 valence electrons. The number of hydrogen-bond acceptors (Lipinski definition) is 5. The zero-order chi connectivity index (χ0) is 21.3. The van der Waals surface area contributed by atoms with Gasteiger partial charge in [-0.1, -0.05) is 0 Å². The van der Waals surface area contributed by atoms with Crippen molar-refractivity contribution in [2.45, 2.75) is 45.7 Å². The molecule has 0 spiro atoms. The normalized spacial score (nSPS) is 14.2. The first-order valence-electron chi connectivity index (χ1n) is 9.58. The summed E-state index contributed by atoms with van der Waals surface area (Å²) < 4.78 is 9.93. The summed E-state index contributed by atoms with van der Waals surface area (Å²) in [6.45, 7) is 5.19. The summed E-state index contributed by atoms with van der Waals surface area (Å²) in [5.74, 6) is -0.238. The second-order valence-electron chi connectivity index (χ2n) is 7.33. The third-order valence-corrected chi connectivity index (χ3v) is 5.38. The maximum absolute atomic E-state index is 13.3. The van der Waals surface area contributed by atoms with E-state index in [1.54, 1.807) is 57.0 Å². The van der Waals surface area contributed by atoms with Crippen molar-refractivity contribution in [3.05, 3.63) is 52.3 Å². The molecule has 3 rings (SSSR count). The van der Waals surface area contributed by atoms with Crippen molar-refractivity contribution >= 4 is 17.7 Å². The number of aromatic nitrogens is 1. The van der Waals surface area contributed by atoms with Crippen LogP contribution in [0.4, 0.5) is 0 Å². The zero-order valence-corrected chi connectivity index (χ0v) is 17.4. The molecule has 2 aromatic rings. The smallest absolute Gasteiger partial charge is 0.354 e. The van der Waals surface area contributed by atoms with Gasteiger partial charge in [-0.2, -0.15) is 0 Å². The Morgan fingerprint density at radius 1 is 1.10 bits per heavy atom. The van der Waals surface area contributed by atoms with Crippen LogP contribution in [0.1, 0.15) is 62.2 Å². The molecule has 0 bridgehead atoms. The number of aromatic amines is 1. The van der Waals surface area contributed by atoms with Crippen LogP contribution in [0.5, 0.6) is 5.75 Å². The highest BCUT2D eigenvalue weighted by molar-refractivity contribution is 6.07. The first-order chi connectivity index (χ1) is 13.8. The van der Waals surface area contributed by atoms with Gasteiger partial charge in [0, 0.05) is 22.9 Å². The molecule has 1 saturated carbocycles. The molecule has 0 aliphatic heterocycles. The third-order valence-electron chi connectivity index (χ3n) is 5.38. The Labute approximate surface area is 170 Å². The Hall–Kier alpha value is -3.09. The van der Waals surface area contributed by atoms with Gasteiger partial charge < -0.3 is 19.4 Å². The highest BCUT2D eigenvalue weighted by Gasteiger charge is 2.40. The number of nitrogens with zero attached hydrogens (tertiary/aromatic N) is 1. The van der Waals surface area contributed by atoms with E-state index in [1.165, 1.54) is 7.11 Å². The highest BCUT2D eigenvalue weighted by Crippen LogP contribution is 2.32. The van der Waals surface area contributed by atoms with Gasteiger partial charge in [0.25, 0.3) is 5.91 Å². The van der Waals surface area contributed by atoms with Crippen molar-refractivity contribution in [1.82, 2.24) is 9.88 Å². The maximum atomic E-state index is 13.3. The molecule has 1 atom stereocenters. The van der Waals surface area contributed by atoms with Crippen molar-refractivity contribution in [3.63, 3.8) is 0 Å². The average Bonchev–Trinajstić information content (AvgIpc) is 3.51. The van der Waals surface area contributed by atoms with E-state index >= 15 is 0 Å². The van der Waals surface area contributed by atoms with Gasteiger partial charge in [0.05, 0.1) is 20.3 Å². The molecule has 1 aliphatic carbocycles. The van der Waals surface area contributed by atoms with Crippen LogP contribution in [0.2, 0.25) is 0 Å². The second kappa shape index (κ2) is 8.11. The van der Waals surface area contributed by atoms with Crippen LogP contribution in [-0.4, -0.2) is 53.8 Å². The number of amides is 1. The number of Topliss-reactive ketones (excluding diaryl/α,β-unsaturated/α-hetero) is 1. The second-order valence-corrected chi connectivity index (χ2v) is 7.33. The number of ketones is 1. The van der Waals surface area contributed by atoms with E-state index < -0.39 is 12.0 Å². The van der Waals surface area contributed by atoms with Crippen molar-refractivity contribution in [2.24, 2.45) is 0 Å². The van der Waals surface area contributed by atoms with E-state index in [1.807, 2.05) is 0 Å². The van der Waals surface area contributed by atoms with E-state index in [0.717, 1.165) is 12.8 Å². The Balaban J connectivity index is 1.91. The number of ether oxygens (including phenoxy) is 2. The Bertz CT molecular complexity index is 941. The van der Waals surface area contributed by atoms with E-state index in [9.17, 15) is 14.4 Å². The molecule has 1 aromatic carbocycles. The highest BCUT2D eigenvalue weighted by atomic mass is 16.5. The molecule has 0 unspecified atom stereocenters. The van der Waals surface area contributed by atoms with Gasteiger partial charge >= 0.3 is 5.97 Å². The molecule has 0 saturated heterocycles. The van der Waals surface area contributed by atoms with Crippen molar-refractivity contribution in [3.8, 4) is 5.75 Å². The molecule has 1 aromatic heterocycles. The van der Waals surface area contributed by atoms with Gasteiger partial charge in [-0.05, 0) is 63.4 Å². The van der Waals surface area contributed by atoms with E-state index in [4.69, 9.17) is 9.47 Å². The average molecular weight is 398 g/mol. The standard InChI is InChI=1S/C22H26N2O5/c1-12-18(13(2)23-19(12)22(27)29-5)20(25)14(3)24(16-8-9-16)21(26)15-6-10-17(28-4)11-7-15/h6-7,10-11,14,16,23H,8-9H2,1-5H3/t14-/m1/s1. The number of carbonyl (C=O) groups excluding carboxylic acids is 3. The van der Waals surface area contributed by atoms with Gasteiger partial charge in [0.1, 0.15) is 11.4 Å². The number of esters is 1. The Morgan fingerprint density at radius 3 is 2.24 bits per heavy atom. The monoisotopic (exact) mass is 398 g/mol. The number of methoxy groups -OCH3 is 2. The first-order valence-corrected chi connectivity index (χ1v) is 9.58. The van der Waals surface area contributed by atoms with Crippen LogP contribution in [-0.2, 0) is 4.74 Å². The van der Waals surface area contributed by atoms with E-state index in [0.29, 0.717) is 28.1 Å². The maximum Gasteiger partial charge on any atom is 0.354 e. The fourth-order valence-corrected chi connectivity index (χ4v) is 3.65. The topological polar surface area (TPSA) is 88.7 Å². The van der Waals surface area contributed by atoms with E-state index in [2.05, 4.69) is 4.98 Å². The van der Waals surface area contributed by atoms with Gasteiger partial charge in [-0.3, -0.25) is 9.59 Å². The molecule has 1 N–H and O–H groups in total. The summed E-state index contributed by atoms with van der Waals surface area (Å²) in [7, 11) is 2.86. The lowest BCUT2D eigenvalue weighted by molar-refractivity contribution is 0.0591. The molecule has 1 fully saturated rings. The molecule has 29 heavy (non-hydrogen) atoms. The van der Waals surface area contributed by atoms with Crippen LogP contribution in [0.3, 0.4) is 0 Å². The summed E-state index contributed by atoms with van der Waals surface area (Å²) in [6, 6.07) is 6.26. The number of H-pyrrole nitrogens is 1. The van der Waals surface area contributed by atoms with Gasteiger partial charge in [-0.15, -0.1) is 0 Å². The minimum Gasteiger partial charge on any atom is -0.497 e. The summed E-state index contributed by atoms with van der Waals surface area (Å²) in [5.41, 5.74) is 2.34. The minimum atomic E-state index is -0.657. The summed E-state index contributed by atoms with van der Waals surface area (Å²) in [6.07, 6.45) is 1.75. The molecule has 7 heteroatoms. The van der Waals surface area contributed by atoms with Crippen LogP contribution in [0, 0.1) is 13.8 Å². The largest absolute Gasteiger partial charge is 0.497 e. The van der Waals surface area contributed by atoms with Gasteiger partial charge in [0.2, 0.25) is 0 Å². The first kappa shape index (κ1) is 20.6. The number of benzene rings is 1. The molecule has 7 nitrogen and oxygen atoms in total. The third kappa shape index (κ3) is 3.90. The molecule has 1 heterocycles. The minimum absolute atomic E-state index is 0.0446. The number of hydrogen-bond donors (Lipinski definition) is 1. The lowest BCUT2D eigenvalue weighted by Crippen LogP contribution is -2.45. The fraction of sp³-hybridized carbons (Fsp3) is 0.409. The fourth-order valence-electron chi connectivity index (χ4n) is 3.65. The van der Waals surface area contributed by atoms with Crippen LogP contribution in [0.25, 0.3) is 0 Å². The number of aryl methyl sites for hydroxylation is 1. The zero-order valence-electron chi connectivity index (χ0n) is 17.4. The predicted octanol–water partition coefficient (Wildman–Crippen LogP) is 3.30. The number of carbonyl (C=O) groups is 3. The lowest BCUT2D eigenvalue weighted by atomic mass is 9.99. The van der Waals surface area contributed by atoms with Crippen LogP contribution >= 0.6 is 0 Å². The van der Waals surface area contributed by atoms with Crippen molar-refractivity contribution in [2.75, 3.05) is 14.2 Å². The van der Waals surface area contributed by atoms with Crippen molar-refractivity contribution in [1.29, 1.82) is 0 Å². The molecule has 1 amide bonds. The number of rotatable bonds is 7. The van der Waals surface area contributed by atoms with E-state index in [-0.39, 0.29) is 23.4 Å². The van der Waals surface area contributed by atoms with Crippen LogP contribution in [0.15, 0.2) is 24.3 Å².